The molecule has 1 atom stereocenters. The van der Waals surface area contributed by atoms with Crippen LogP contribution in [0.4, 0.5) is 11.4 Å². The second-order valence-electron chi connectivity index (χ2n) is 14.9. The van der Waals surface area contributed by atoms with E-state index in [9.17, 15) is 0 Å². The van der Waals surface area contributed by atoms with Crippen molar-refractivity contribution in [3.05, 3.63) is 224 Å². The summed E-state index contributed by atoms with van der Waals surface area (Å²) in [7, 11) is 0. The highest BCUT2D eigenvalue weighted by molar-refractivity contribution is 6.28. The van der Waals surface area contributed by atoms with Gasteiger partial charge in [-0.05, 0) is 120 Å². The van der Waals surface area contributed by atoms with E-state index >= 15 is 0 Å². The van der Waals surface area contributed by atoms with Gasteiger partial charge in [0, 0.05) is 29.2 Å². The highest BCUT2D eigenvalue weighted by Crippen LogP contribution is 2.58. The van der Waals surface area contributed by atoms with Crippen LogP contribution in [0.1, 0.15) is 18.5 Å². The van der Waals surface area contributed by atoms with Crippen LogP contribution in [-0.2, 0) is 0 Å². The Balaban J connectivity index is 1.14. The van der Waals surface area contributed by atoms with Gasteiger partial charge >= 0.3 is 0 Å². The Bertz CT molecular complexity index is 2910. The van der Waals surface area contributed by atoms with Crippen molar-refractivity contribution in [1.82, 2.24) is 4.98 Å². The monoisotopic (exact) mass is 743 g/mol. The molecular formula is C55H41N3. The van der Waals surface area contributed by atoms with Crippen molar-refractivity contribution in [1.29, 1.82) is 0 Å². The summed E-state index contributed by atoms with van der Waals surface area (Å²) in [6, 6.07) is 67.3. The summed E-state index contributed by atoms with van der Waals surface area (Å²) in [6.45, 7) is 2.14. The van der Waals surface area contributed by atoms with Gasteiger partial charge in [0.05, 0.1) is 0 Å². The predicted molar refractivity (Wildman–Crippen MR) is 245 cm³/mol. The molecule has 2 N–H and O–H groups in total. The second-order valence-corrected chi connectivity index (χ2v) is 14.9. The summed E-state index contributed by atoms with van der Waals surface area (Å²) in [5.41, 5.74) is 22.4. The Labute approximate surface area is 339 Å². The number of para-hydroxylation sites is 1. The first-order valence-electron chi connectivity index (χ1n) is 19.9. The minimum atomic E-state index is 0.152. The summed E-state index contributed by atoms with van der Waals surface area (Å²) in [5, 5.41) is 5.04. The maximum absolute atomic E-state index is 6.97. The molecule has 8 aromatic carbocycles. The molecule has 3 nitrogen and oxygen atoms in total. The van der Waals surface area contributed by atoms with Crippen LogP contribution >= 0.6 is 0 Å². The molecule has 1 heterocycles. The maximum atomic E-state index is 6.97. The van der Waals surface area contributed by atoms with E-state index in [1.54, 1.807) is 0 Å². The molecule has 9 aromatic rings. The van der Waals surface area contributed by atoms with E-state index in [0.717, 1.165) is 22.6 Å². The number of allylic oxidation sites excluding steroid dienone is 3. The Kier molecular flexibility index (Phi) is 8.96. The minimum Gasteiger partial charge on any atom is -0.385 e. The van der Waals surface area contributed by atoms with Gasteiger partial charge in [-0.3, -0.25) is 9.88 Å². The van der Waals surface area contributed by atoms with E-state index in [1.165, 1.54) is 71.6 Å². The third-order valence-electron chi connectivity index (χ3n) is 11.4. The Morgan fingerprint density at radius 2 is 1.03 bits per heavy atom. The van der Waals surface area contributed by atoms with Crippen molar-refractivity contribution in [3.8, 4) is 55.6 Å². The van der Waals surface area contributed by atoms with Crippen molar-refractivity contribution in [2.45, 2.75) is 12.8 Å². The molecule has 1 aliphatic carbocycles. The van der Waals surface area contributed by atoms with Crippen molar-refractivity contribution < 1.29 is 0 Å². The average Bonchev–Trinajstić information content (AvgIpc) is 3.61. The first-order chi connectivity index (χ1) is 28.7. The topological polar surface area (TPSA) is 42.1 Å². The van der Waals surface area contributed by atoms with Gasteiger partial charge in [0.2, 0.25) is 0 Å². The highest BCUT2D eigenvalue weighted by atomic mass is 15.2. The fourth-order valence-electron chi connectivity index (χ4n) is 8.84. The number of nitrogens with two attached hydrogens (primary N) is 1. The second kappa shape index (κ2) is 14.9. The number of fused-ring (bicyclic) bond motifs is 4. The molecule has 1 unspecified atom stereocenters. The minimum absolute atomic E-state index is 0.152. The fourth-order valence-corrected chi connectivity index (χ4v) is 8.84. The third kappa shape index (κ3) is 6.05. The first-order valence-corrected chi connectivity index (χ1v) is 19.9. The normalized spacial score (nSPS) is 12.6. The fraction of sp³-hybridized carbons (Fsp3) is 0.0364. The quantitative estimate of drug-likeness (QED) is 0.150. The number of hydrogen-bond acceptors (Lipinski definition) is 3. The number of rotatable bonds is 9. The molecule has 3 heteroatoms. The predicted octanol–water partition coefficient (Wildman–Crippen LogP) is 14.3. The average molecular weight is 744 g/mol. The van der Waals surface area contributed by atoms with Gasteiger partial charge in [0.25, 0.3) is 0 Å². The van der Waals surface area contributed by atoms with Crippen LogP contribution in [0.2, 0.25) is 0 Å². The molecule has 0 aliphatic heterocycles. The van der Waals surface area contributed by atoms with Gasteiger partial charge < -0.3 is 5.73 Å². The van der Waals surface area contributed by atoms with Crippen molar-refractivity contribution in [3.63, 3.8) is 0 Å². The third-order valence-corrected chi connectivity index (χ3v) is 11.4. The molecule has 0 saturated carbocycles. The van der Waals surface area contributed by atoms with Crippen molar-refractivity contribution in [2.24, 2.45) is 5.73 Å². The van der Waals surface area contributed by atoms with Crippen LogP contribution in [0.25, 0.3) is 77.2 Å². The van der Waals surface area contributed by atoms with Crippen LogP contribution in [0, 0.1) is 0 Å². The van der Waals surface area contributed by atoms with Crippen molar-refractivity contribution in [2.75, 3.05) is 4.90 Å². The number of hydrogen-bond donors (Lipinski definition) is 1. The summed E-state index contributed by atoms with van der Waals surface area (Å²) >= 11 is 0. The molecule has 276 valence electrons. The van der Waals surface area contributed by atoms with E-state index < -0.39 is 0 Å². The largest absolute Gasteiger partial charge is 0.385 e. The first kappa shape index (κ1) is 35.0. The molecule has 0 amide bonds. The van der Waals surface area contributed by atoms with Gasteiger partial charge in [-0.25, -0.2) is 0 Å². The molecule has 0 radical (unpaired) electrons. The molecule has 1 aromatic heterocycles. The van der Waals surface area contributed by atoms with Gasteiger partial charge in [0.1, 0.15) is 5.82 Å². The van der Waals surface area contributed by atoms with Crippen LogP contribution in [0.3, 0.4) is 0 Å². The molecule has 0 saturated heterocycles. The molecular weight excluding hydrogens is 703 g/mol. The number of nitrogens with zero attached hydrogens (tertiary/aromatic N) is 2. The Morgan fingerprint density at radius 3 is 1.69 bits per heavy atom. The number of pyridine rings is 1. The Hall–Kier alpha value is -7.49. The van der Waals surface area contributed by atoms with Gasteiger partial charge in [-0.2, -0.15) is 0 Å². The van der Waals surface area contributed by atoms with Crippen LogP contribution in [0.15, 0.2) is 218 Å². The van der Waals surface area contributed by atoms with Crippen LogP contribution in [-0.4, -0.2) is 4.98 Å². The molecule has 0 bridgehead atoms. The summed E-state index contributed by atoms with van der Waals surface area (Å²) in [4.78, 5) is 6.65. The van der Waals surface area contributed by atoms with Crippen LogP contribution < -0.4 is 10.6 Å². The number of aromatic nitrogens is 1. The number of benzene rings is 8. The smallest absolute Gasteiger partial charge is 0.108 e. The summed E-state index contributed by atoms with van der Waals surface area (Å²) in [6.07, 6.45) is 7.98. The zero-order chi connectivity index (χ0) is 39.0. The molecule has 10 rings (SSSR count). The van der Waals surface area contributed by atoms with E-state index in [-0.39, 0.29) is 5.92 Å². The standard InChI is InChI=1S/C55H41N3/c1-37(49-31-13-14-35-57-49)18-15-32-50(56)58(41-24-9-4-10-25-41)42-26-16-23-40(36-42)43-33-34-48-53-44(43)29-17-30-47(53)54-51(38-19-5-2-6-20-38)45-27-11-12-28-46(45)52(55(48)54)39-21-7-3-8-22-39/h2-37H,56H2,1H3/b18-15-,50-32+. The lowest BCUT2D eigenvalue weighted by molar-refractivity contribution is 0.906. The SMILES string of the molecule is CC(/C=C\C=C(/N)N(c1ccccc1)c1cccc(-c2ccc3c4c(cccc24)-c2c-3c(-c3ccccc3)c3ccccc3c2-c2ccccc2)c1)c1ccccn1. The van der Waals surface area contributed by atoms with Gasteiger partial charge in [0.15, 0.2) is 0 Å². The zero-order valence-corrected chi connectivity index (χ0v) is 32.3. The lowest BCUT2D eigenvalue weighted by Crippen LogP contribution is -2.22. The lowest BCUT2D eigenvalue weighted by Gasteiger charge is -2.26. The molecule has 0 spiro atoms. The van der Waals surface area contributed by atoms with E-state index in [0.29, 0.717) is 5.82 Å². The van der Waals surface area contributed by atoms with Gasteiger partial charge in [-0.15, -0.1) is 0 Å². The van der Waals surface area contributed by atoms with E-state index in [4.69, 9.17) is 5.73 Å². The zero-order valence-electron chi connectivity index (χ0n) is 32.3. The maximum Gasteiger partial charge on any atom is 0.108 e. The van der Waals surface area contributed by atoms with Gasteiger partial charge in [-0.1, -0.05) is 171 Å². The molecule has 1 aliphatic rings. The molecule has 58 heavy (non-hydrogen) atoms. The Morgan fingerprint density at radius 1 is 0.500 bits per heavy atom. The van der Waals surface area contributed by atoms with E-state index in [2.05, 4.69) is 193 Å². The van der Waals surface area contributed by atoms with Crippen LogP contribution in [0.5, 0.6) is 0 Å². The van der Waals surface area contributed by atoms with E-state index in [1.807, 2.05) is 36.5 Å². The highest BCUT2D eigenvalue weighted by Gasteiger charge is 2.31. The molecule has 0 fully saturated rings. The summed E-state index contributed by atoms with van der Waals surface area (Å²) < 4.78 is 0. The number of anilines is 2. The summed E-state index contributed by atoms with van der Waals surface area (Å²) in [5.74, 6) is 0.775. The lowest BCUT2D eigenvalue weighted by atomic mass is 9.82. The van der Waals surface area contributed by atoms with Crippen molar-refractivity contribution >= 4 is 32.9 Å².